The van der Waals surface area contributed by atoms with Gasteiger partial charge in [-0.3, -0.25) is 4.79 Å². The van der Waals surface area contributed by atoms with E-state index >= 15 is 0 Å². The number of aryl methyl sites for hydroxylation is 2. The first-order valence-electron chi connectivity index (χ1n) is 4.77. The van der Waals surface area contributed by atoms with Gasteiger partial charge in [0.1, 0.15) is 11.4 Å². The molecule has 0 spiro atoms. The van der Waals surface area contributed by atoms with Crippen molar-refractivity contribution in [1.82, 2.24) is 0 Å². The highest BCUT2D eigenvalue weighted by molar-refractivity contribution is 6.03. The molecule has 0 radical (unpaired) electrons. The average Bonchev–Trinajstić information content (AvgIpc) is 1.99. The molecule has 2 nitrogen and oxygen atoms in total. The predicted octanol–water partition coefficient (Wildman–Crippen LogP) is 2.40. The van der Waals surface area contributed by atoms with Crippen molar-refractivity contribution in [1.29, 1.82) is 0 Å². The molecule has 1 aromatic rings. The van der Waals surface area contributed by atoms with Crippen LogP contribution in [-0.2, 0) is 0 Å². The largest absolute Gasteiger partial charge is 0.382 e. The number of rotatable bonds is 2. The van der Waals surface area contributed by atoms with Crippen LogP contribution in [0.25, 0.3) is 0 Å². The highest BCUT2D eigenvalue weighted by Crippen LogP contribution is 2.21. The quantitative estimate of drug-likeness (QED) is 0.761. The summed E-state index contributed by atoms with van der Waals surface area (Å²) in [6.45, 7) is 6.13. The smallest absolute Gasteiger partial charge is 0.196 e. The monoisotopic (exact) mass is 210 g/mol. The van der Waals surface area contributed by atoms with Crippen LogP contribution in [0.3, 0.4) is 0 Å². The maximum absolute atomic E-state index is 13.6. The van der Waals surface area contributed by atoms with Crippen LogP contribution in [0.5, 0.6) is 0 Å². The van der Waals surface area contributed by atoms with Gasteiger partial charge in [-0.2, -0.15) is 0 Å². The van der Waals surface area contributed by atoms with E-state index in [9.17, 15) is 14.3 Å². The van der Waals surface area contributed by atoms with Gasteiger partial charge in [-0.1, -0.05) is 6.07 Å². The molecule has 0 amide bonds. The average molecular weight is 210 g/mol. The summed E-state index contributed by atoms with van der Waals surface area (Å²) in [7, 11) is 0. The van der Waals surface area contributed by atoms with Gasteiger partial charge in [0, 0.05) is 0 Å². The molecular weight excluding hydrogens is 195 g/mol. The highest BCUT2D eigenvalue weighted by Gasteiger charge is 2.29. The van der Waals surface area contributed by atoms with Gasteiger partial charge in [-0.15, -0.1) is 0 Å². The van der Waals surface area contributed by atoms with Crippen molar-refractivity contribution < 1.29 is 14.3 Å². The summed E-state index contributed by atoms with van der Waals surface area (Å²) in [6, 6.07) is 3.02. The van der Waals surface area contributed by atoms with Gasteiger partial charge in [0.2, 0.25) is 0 Å². The fourth-order valence-electron chi connectivity index (χ4n) is 1.51. The Morgan fingerprint density at radius 1 is 1.33 bits per heavy atom. The van der Waals surface area contributed by atoms with Gasteiger partial charge >= 0.3 is 0 Å². The lowest BCUT2D eigenvalue weighted by Gasteiger charge is -2.17. The van der Waals surface area contributed by atoms with Crippen molar-refractivity contribution in [3.05, 3.63) is 34.6 Å². The Hall–Kier alpha value is -1.22. The molecule has 0 aromatic heterocycles. The van der Waals surface area contributed by atoms with Gasteiger partial charge in [0.15, 0.2) is 5.78 Å². The molecular formula is C12H15FO2. The number of carbonyl (C=O) groups excluding carboxylic acids is 1. The van der Waals surface area contributed by atoms with Crippen LogP contribution >= 0.6 is 0 Å². The molecule has 1 N–H and O–H groups in total. The summed E-state index contributed by atoms with van der Waals surface area (Å²) in [5.74, 6) is -1.16. The van der Waals surface area contributed by atoms with E-state index < -0.39 is 17.2 Å². The van der Waals surface area contributed by atoms with Crippen LogP contribution < -0.4 is 0 Å². The van der Waals surface area contributed by atoms with E-state index in [-0.39, 0.29) is 5.56 Å². The lowest BCUT2D eigenvalue weighted by Crippen LogP contribution is -2.32. The zero-order chi connectivity index (χ0) is 11.8. The molecule has 1 aromatic carbocycles. The normalized spacial score (nSPS) is 11.6. The van der Waals surface area contributed by atoms with Gasteiger partial charge < -0.3 is 5.11 Å². The Morgan fingerprint density at radius 3 is 2.27 bits per heavy atom. The Labute approximate surface area is 88.7 Å². The molecule has 0 unspecified atom stereocenters. The van der Waals surface area contributed by atoms with Crippen LogP contribution in [0.15, 0.2) is 12.1 Å². The lowest BCUT2D eigenvalue weighted by atomic mass is 9.92. The molecule has 0 aliphatic carbocycles. The molecule has 0 saturated carbocycles. The number of halogens is 1. The van der Waals surface area contributed by atoms with E-state index in [1.165, 1.54) is 19.9 Å². The summed E-state index contributed by atoms with van der Waals surface area (Å²) in [5.41, 5.74) is -0.244. The summed E-state index contributed by atoms with van der Waals surface area (Å²) >= 11 is 0. The molecule has 82 valence electrons. The zero-order valence-electron chi connectivity index (χ0n) is 9.39. The van der Waals surface area contributed by atoms with Gasteiger partial charge in [0.05, 0.1) is 5.56 Å². The molecule has 0 saturated heterocycles. The van der Waals surface area contributed by atoms with Crippen LogP contribution in [0, 0.1) is 19.7 Å². The third-order valence-electron chi connectivity index (χ3n) is 2.21. The number of ketones is 1. The first-order chi connectivity index (χ1) is 6.73. The topological polar surface area (TPSA) is 37.3 Å². The second kappa shape index (κ2) is 3.74. The Balaban J connectivity index is 3.33. The molecule has 0 heterocycles. The summed E-state index contributed by atoms with van der Waals surface area (Å²) < 4.78 is 13.6. The summed E-state index contributed by atoms with van der Waals surface area (Å²) in [5, 5.41) is 9.54. The van der Waals surface area contributed by atoms with E-state index in [1.807, 2.05) is 0 Å². The number of benzene rings is 1. The molecule has 15 heavy (non-hydrogen) atoms. The third kappa shape index (κ3) is 2.42. The zero-order valence-corrected chi connectivity index (χ0v) is 9.39. The predicted molar refractivity (Wildman–Crippen MR) is 56.5 cm³/mol. The van der Waals surface area contributed by atoms with Crippen LogP contribution in [-0.4, -0.2) is 16.5 Å². The molecule has 0 bridgehead atoms. The van der Waals surface area contributed by atoms with Crippen molar-refractivity contribution in [2.24, 2.45) is 0 Å². The standard InChI is InChI=1S/C12H15FO2/c1-7-5-8(2)10(9(13)6-7)11(14)12(3,4)15/h5-6,15H,1-4H3. The van der Waals surface area contributed by atoms with Gasteiger partial charge in [-0.05, 0) is 44.9 Å². The fraction of sp³-hybridized carbons (Fsp3) is 0.417. The number of carbonyl (C=O) groups is 1. The summed E-state index contributed by atoms with van der Waals surface area (Å²) in [4.78, 5) is 11.7. The lowest BCUT2D eigenvalue weighted by molar-refractivity contribution is 0.0482. The molecule has 0 aliphatic heterocycles. The minimum absolute atomic E-state index is 0.0203. The van der Waals surface area contributed by atoms with Crippen LogP contribution in [0.4, 0.5) is 4.39 Å². The second-order valence-electron chi connectivity index (χ2n) is 4.33. The third-order valence-corrected chi connectivity index (χ3v) is 2.21. The second-order valence-corrected chi connectivity index (χ2v) is 4.33. The Bertz CT molecular complexity index is 380. The first kappa shape index (κ1) is 11.9. The molecule has 1 rings (SSSR count). The highest BCUT2D eigenvalue weighted by atomic mass is 19.1. The van der Waals surface area contributed by atoms with Gasteiger partial charge in [0.25, 0.3) is 0 Å². The van der Waals surface area contributed by atoms with E-state index in [4.69, 9.17) is 0 Å². The van der Waals surface area contributed by atoms with Crippen molar-refractivity contribution in [3.63, 3.8) is 0 Å². The van der Waals surface area contributed by atoms with Crippen molar-refractivity contribution in [2.45, 2.75) is 33.3 Å². The van der Waals surface area contributed by atoms with Gasteiger partial charge in [-0.25, -0.2) is 4.39 Å². The maximum atomic E-state index is 13.6. The van der Waals surface area contributed by atoms with Crippen molar-refractivity contribution in [2.75, 3.05) is 0 Å². The molecule has 0 fully saturated rings. The van der Waals surface area contributed by atoms with Crippen LogP contribution in [0.2, 0.25) is 0 Å². The number of hydrogen-bond donors (Lipinski definition) is 1. The Kier molecular flexibility index (Phi) is 2.95. The minimum Gasteiger partial charge on any atom is -0.382 e. The fourth-order valence-corrected chi connectivity index (χ4v) is 1.51. The van der Waals surface area contributed by atoms with E-state index in [0.29, 0.717) is 5.56 Å². The molecule has 0 atom stereocenters. The Morgan fingerprint density at radius 2 is 1.87 bits per heavy atom. The molecule has 3 heteroatoms. The molecule has 0 aliphatic rings. The van der Waals surface area contributed by atoms with E-state index in [2.05, 4.69) is 0 Å². The number of aliphatic hydroxyl groups is 1. The van der Waals surface area contributed by atoms with Crippen LogP contribution in [0.1, 0.15) is 35.3 Å². The minimum atomic E-state index is -1.54. The van der Waals surface area contributed by atoms with E-state index in [1.54, 1.807) is 19.9 Å². The number of hydrogen-bond acceptors (Lipinski definition) is 2. The SMILES string of the molecule is Cc1cc(C)c(C(=O)C(C)(C)O)c(F)c1. The number of Topliss-reactive ketones (excluding diaryl/α,β-unsaturated/α-hetero) is 1. The van der Waals surface area contributed by atoms with E-state index in [0.717, 1.165) is 5.56 Å². The van der Waals surface area contributed by atoms with Crippen molar-refractivity contribution >= 4 is 5.78 Å². The first-order valence-corrected chi connectivity index (χ1v) is 4.77. The summed E-state index contributed by atoms with van der Waals surface area (Å²) in [6.07, 6.45) is 0. The maximum Gasteiger partial charge on any atom is 0.196 e. The van der Waals surface area contributed by atoms with Crippen molar-refractivity contribution in [3.8, 4) is 0 Å².